The van der Waals surface area contributed by atoms with Crippen molar-refractivity contribution in [3.8, 4) is 22.5 Å². The lowest BCUT2D eigenvalue weighted by Gasteiger charge is -2.11. The Hall–Kier alpha value is -4.32. The Labute approximate surface area is 201 Å². The molecular weight excluding hydrogens is 444 g/mol. The molecule has 172 valence electrons. The van der Waals surface area contributed by atoms with Crippen molar-refractivity contribution in [1.29, 1.82) is 0 Å². The fourth-order valence-electron chi connectivity index (χ4n) is 3.99. The lowest BCUT2D eigenvalue weighted by Crippen LogP contribution is -2.02. The zero-order valence-corrected chi connectivity index (χ0v) is 18.8. The van der Waals surface area contributed by atoms with Gasteiger partial charge in [-0.25, -0.2) is 18.7 Å². The number of carbonyl (C=O) groups excluding carboxylic acids is 1. The lowest BCUT2D eigenvalue weighted by molar-refractivity contribution is 0.0980. The molecule has 0 saturated carbocycles. The first-order chi connectivity index (χ1) is 17.1. The summed E-state index contributed by atoms with van der Waals surface area (Å²) in [5.74, 6) is -0.675. The average molecular weight is 466 g/mol. The number of aromatic nitrogens is 3. The second-order valence-corrected chi connectivity index (χ2v) is 8.28. The van der Waals surface area contributed by atoms with E-state index in [0.29, 0.717) is 45.5 Å². The molecule has 0 saturated heterocycles. The van der Waals surface area contributed by atoms with Crippen molar-refractivity contribution in [2.75, 3.05) is 0 Å². The largest absolute Gasteiger partial charge is 0.294 e. The molecule has 3 aromatic carbocycles. The normalized spacial score (nSPS) is 11.0. The molecule has 0 aliphatic heterocycles. The van der Waals surface area contributed by atoms with Gasteiger partial charge in [-0.05, 0) is 91.2 Å². The Kier molecular flexibility index (Phi) is 6.35. The molecule has 0 radical (unpaired) electrons. The third-order valence-corrected chi connectivity index (χ3v) is 5.81. The van der Waals surface area contributed by atoms with Gasteiger partial charge in [-0.1, -0.05) is 6.07 Å². The van der Waals surface area contributed by atoms with Crippen LogP contribution in [0.25, 0.3) is 33.5 Å². The van der Waals surface area contributed by atoms with E-state index in [-0.39, 0.29) is 17.4 Å². The van der Waals surface area contributed by atoms with Crippen LogP contribution in [0.3, 0.4) is 0 Å². The van der Waals surface area contributed by atoms with Crippen LogP contribution in [0.2, 0.25) is 0 Å². The summed E-state index contributed by atoms with van der Waals surface area (Å²) in [5.41, 5.74) is 5.30. The highest BCUT2D eigenvalue weighted by atomic mass is 19.1. The first kappa shape index (κ1) is 22.5. The first-order valence-corrected chi connectivity index (χ1v) is 11.3. The number of benzene rings is 3. The Morgan fingerprint density at radius 2 is 1.37 bits per heavy atom. The van der Waals surface area contributed by atoms with E-state index < -0.39 is 0 Å². The standard InChI is InChI=1S/C29H21F2N3O/c30-23-11-6-20(7-12-23)28-29(21-8-13-24(31)14-9-21)34-26-17-22(10-15-25(26)33-28)27(35)5-1-3-19-4-2-16-32-18-19/h2,4,6-18H,1,3,5H2. The summed E-state index contributed by atoms with van der Waals surface area (Å²) in [6.07, 6.45) is 5.45. The maximum absolute atomic E-state index is 13.6. The second-order valence-electron chi connectivity index (χ2n) is 8.28. The summed E-state index contributed by atoms with van der Waals surface area (Å²) >= 11 is 0. The van der Waals surface area contributed by atoms with Gasteiger partial charge in [0.25, 0.3) is 0 Å². The van der Waals surface area contributed by atoms with Gasteiger partial charge in [-0.15, -0.1) is 0 Å². The number of fused-ring (bicyclic) bond motifs is 1. The van der Waals surface area contributed by atoms with Crippen LogP contribution in [-0.2, 0) is 6.42 Å². The van der Waals surface area contributed by atoms with Crippen LogP contribution >= 0.6 is 0 Å². The number of aryl methyl sites for hydroxylation is 1. The number of ketones is 1. The number of Topliss-reactive ketones (excluding diaryl/α,β-unsaturated/α-hetero) is 1. The Bertz CT molecular complexity index is 1490. The third kappa shape index (κ3) is 5.11. The van der Waals surface area contributed by atoms with Crippen LogP contribution in [0.4, 0.5) is 8.78 Å². The molecule has 0 amide bonds. The van der Waals surface area contributed by atoms with Crippen molar-refractivity contribution in [3.05, 3.63) is 114 Å². The van der Waals surface area contributed by atoms with E-state index in [1.54, 1.807) is 48.7 Å². The van der Waals surface area contributed by atoms with Gasteiger partial charge in [0.2, 0.25) is 0 Å². The van der Waals surface area contributed by atoms with Crippen LogP contribution in [0.5, 0.6) is 0 Å². The molecule has 0 aliphatic rings. The van der Waals surface area contributed by atoms with Crippen molar-refractivity contribution in [1.82, 2.24) is 15.0 Å². The van der Waals surface area contributed by atoms with Gasteiger partial charge < -0.3 is 0 Å². The topological polar surface area (TPSA) is 55.7 Å². The van der Waals surface area contributed by atoms with Gasteiger partial charge in [0.15, 0.2) is 5.78 Å². The number of rotatable bonds is 7. The molecular formula is C29H21F2N3O. The average Bonchev–Trinajstić information content (AvgIpc) is 2.89. The minimum Gasteiger partial charge on any atom is -0.294 e. The molecule has 2 aromatic heterocycles. The van der Waals surface area contributed by atoms with Gasteiger partial charge in [0.1, 0.15) is 11.6 Å². The lowest BCUT2D eigenvalue weighted by atomic mass is 10.0. The van der Waals surface area contributed by atoms with Crippen molar-refractivity contribution in [2.45, 2.75) is 19.3 Å². The quantitative estimate of drug-likeness (QED) is 0.247. The Balaban J connectivity index is 1.49. The fraction of sp³-hybridized carbons (Fsp3) is 0.103. The molecule has 0 fully saturated rings. The van der Waals surface area contributed by atoms with Gasteiger partial charge in [0.05, 0.1) is 22.4 Å². The predicted molar refractivity (Wildman–Crippen MR) is 132 cm³/mol. The zero-order valence-electron chi connectivity index (χ0n) is 18.8. The van der Waals surface area contributed by atoms with E-state index >= 15 is 0 Å². The minimum absolute atomic E-state index is 0.0310. The van der Waals surface area contributed by atoms with E-state index in [4.69, 9.17) is 9.97 Å². The molecule has 5 rings (SSSR count). The number of pyridine rings is 1. The molecule has 0 atom stereocenters. The highest BCUT2D eigenvalue weighted by Gasteiger charge is 2.15. The molecule has 5 aromatic rings. The predicted octanol–water partition coefficient (Wildman–Crippen LogP) is 6.84. The molecule has 0 spiro atoms. The molecule has 0 N–H and O–H groups in total. The van der Waals surface area contributed by atoms with Crippen LogP contribution < -0.4 is 0 Å². The van der Waals surface area contributed by atoms with Crippen molar-refractivity contribution < 1.29 is 13.6 Å². The summed E-state index contributed by atoms with van der Waals surface area (Å²) in [5, 5.41) is 0. The summed E-state index contributed by atoms with van der Waals surface area (Å²) in [6.45, 7) is 0. The number of hydrogen-bond donors (Lipinski definition) is 0. The SMILES string of the molecule is O=C(CCCc1cccnc1)c1ccc2nc(-c3ccc(F)cc3)c(-c3ccc(F)cc3)nc2c1. The summed E-state index contributed by atoms with van der Waals surface area (Å²) < 4.78 is 27.1. The molecule has 0 bridgehead atoms. The monoisotopic (exact) mass is 465 g/mol. The fourth-order valence-corrected chi connectivity index (χ4v) is 3.99. The number of carbonyl (C=O) groups is 1. The van der Waals surface area contributed by atoms with E-state index in [0.717, 1.165) is 18.4 Å². The molecule has 35 heavy (non-hydrogen) atoms. The van der Waals surface area contributed by atoms with Gasteiger partial charge >= 0.3 is 0 Å². The third-order valence-electron chi connectivity index (χ3n) is 5.81. The van der Waals surface area contributed by atoms with Crippen molar-refractivity contribution in [2.24, 2.45) is 0 Å². The second kappa shape index (κ2) is 9.89. The van der Waals surface area contributed by atoms with Crippen LogP contribution in [0, 0.1) is 11.6 Å². The first-order valence-electron chi connectivity index (χ1n) is 11.3. The molecule has 2 heterocycles. The van der Waals surface area contributed by atoms with Crippen LogP contribution in [-0.4, -0.2) is 20.7 Å². The summed E-state index contributed by atoms with van der Waals surface area (Å²) in [4.78, 5) is 26.5. The molecule has 0 unspecified atom stereocenters. The molecule has 0 aliphatic carbocycles. The summed E-state index contributed by atoms with van der Waals surface area (Å²) in [6, 6.07) is 21.1. The van der Waals surface area contributed by atoms with E-state index in [1.807, 2.05) is 18.3 Å². The maximum Gasteiger partial charge on any atom is 0.162 e. The van der Waals surface area contributed by atoms with E-state index in [2.05, 4.69) is 4.98 Å². The van der Waals surface area contributed by atoms with Crippen molar-refractivity contribution in [3.63, 3.8) is 0 Å². The van der Waals surface area contributed by atoms with Crippen LogP contribution in [0.1, 0.15) is 28.8 Å². The van der Waals surface area contributed by atoms with E-state index in [1.165, 1.54) is 24.3 Å². The Morgan fingerprint density at radius 1 is 0.743 bits per heavy atom. The van der Waals surface area contributed by atoms with Crippen molar-refractivity contribution >= 4 is 16.8 Å². The maximum atomic E-state index is 13.6. The highest BCUT2D eigenvalue weighted by Crippen LogP contribution is 2.31. The highest BCUT2D eigenvalue weighted by molar-refractivity contribution is 5.99. The number of nitrogens with zero attached hydrogens (tertiary/aromatic N) is 3. The smallest absolute Gasteiger partial charge is 0.162 e. The van der Waals surface area contributed by atoms with Gasteiger partial charge in [-0.3, -0.25) is 9.78 Å². The zero-order chi connectivity index (χ0) is 24.2. The number of hydrogen-bond acceptors (Lipinski definition) is 4. The number of halogens is 2. The van der Waals surface area contributed by atoms with E-state index in [9.17, 15) is 13.6 Å². The van der Waals surface area contributed by atoms with Gasteiger partial charge in [-0.2, -0.15) is 0 Å². The minimum atomic E-state index is -0.356. The summed E-state index contributed by atoms with van der Waals surface area (Å²) in [7, 11) is 0. The van der Waals surface area contributed by atoms with Gasteiger partial charge in [0, 0.05) is 35.5 Å². The molecule has 6 heteroatoms. The molecule has 4 nitrogen and oxygen atoms in total. The van der Waals surface area contributed by atoms with Crippen LogP contribution in [0.15, 0.2) is 91.3 Å². The Morgan fingerprint density at radius 3 is 1.97 bits per heavy atom.